The van der Waals surface area contributed by atoms with Gasteiger partial charge in [-0.05, 0) is 12.1 Å². The first-order valence-corrected chi connectivity index (χ1v) is 5.38. The van der Waals surface area contributed by atoms with Crippen LogP contribution in [0.4, 0.5) is 0 Å². The van der Waals surface area contributed by atoms with E-state index < -0.39 is 0 Å². The number of hydrogen-bond donors (Lipinski definition) is 1. The Bertz CT molecular complexity index is 484. The van der Waals surface area contributed by atoms with Crippen molar-refractivity contribution < 1.29 is 4.52 Å². The van der Waals surface area contributed by atoms with E-state index in [4.69, 9.17) is 21.9 Å². The molecule has 0 amide bonds. The Labute approximate surface area is 98.4 Å². The maximum Gasteiger partial charge on any atom is 0.231 e. The Kier molecular flexibility index (Phi) is 3.22. The molecule has 0 aliphatic carbocycles. The third-order valence-corrected chi connectivity index (χ3v) is 2.53. The fourth-order valence-electron chi connectivity index (χ4n) is 1.28. The van der Waals surface area contributed by atoms with Crippen LogP contribution in [-0.2, 0) is 0 Å². The molecule has 2 rings (SSSR count). The van der Waals surface area contributed by atoms with Gasteiger partial charge in [-0.25, -0.2) is 0 Å². The lowest BCUT2D eigenvalue weighted by atomic mass is 10.2. The summed E-state index contributed by atoms with van der Waals surface area (Å²) in [4.78, 5) is 4.28. The van der Waals surface area contributed by atoms with Crippen LogP contribution in [0.5, 0.6) is 0 Å². The summed E-state index contributed by atoms with van der Waals surface area (Å²) in [7, 11) is 0. The molecule has 84 valence electrons. The second-order valence-corrected chi connectivity index (χ2v) is 4.04. The number of halogens is 1. The molecule has 0 aliphatic heterocycles. The minimum absolute atomic E-state index is 0.0698. The second kappa shape index (κ2) is 4.63. The van der Waals surface area contributed by atoms with Gasteiger partial charge in [0.2, 0.25) is 11.7 Å². The van der Waals surface area contributed by atoms with Crippen LogP contribution in [-0.4, -0.2) is 16.7 Å². The van der Waals surface area contributed by atoms with Crippen LogP contribution in [0.3, 0.4) is 0 Å². The Morgan fingerprint density at radius 3 is 3.00 bits per heavy atom. The predicted octanol–water partition coefficient (Wildman–Crippen LogP) is 2.45. The minimum atomic E-state index is 0.0698. The standard InChI is InChI=1S/C11H12ClN3O/c1-7(6-13)11-14-10(15-16-11)8-3-2-4-9(12)5-8/h2-5,7H,6,13H2,1H3. The second-order valence-electron chi connectivity index (χ2n) is 3.60. The molecule has 1 unspecified atom stereocenters. The van der Waals surface area contributed by atoms with Gasteiger partial charge >= 0.3 is 0 Å². The van der Waals surface area contributed by atoms with Crippen LogP contribution in [0.25, 0.3) is 11.4 Å². The summed E-state index contributed by atoms with van der Waals surface area (Å²) in [6.07, 6.45) is 0. The Balaban J connectivity index is 2.31. The highest BCUT2D eigenvalue weighted by molar-refractivity contribution is 6.30. The molecule has 2 aromatic rings. The zero-order chi connectivity index (χ0) is 11.5. The molecule has 1 heterocycles. The predicted molar refractivity (Wildman–Crippen MR) is 62.2 cm³/mol. The van der Waals surface area contributed by atoms with Gasteiger partial charge in [0.05, 0.1) is 0 Å². The number of hydrogen-bond acceptors (Lipinski definition) is 4. The normalized spacial score (nSPS) is 12.7. The Morgan fingerprint density at radius 2 is 2.31 bits per heavy atom. The molecule has 5 heteroatoms. The van der Waals surface area contributed by atoms with Crippen molar-refractivity contribution in [2.75, 3.05) is 6.54 Å². The van der Waals surface area contributed by atoms with Gasteiger partial charge in [-0.1, -0.05) is 35.8 Å². The molecular formula is C11H12ClN3O. The third-order valence-electron chi connectivity index (χ3n) is 2.30. The Hall–Kier alpha value is -1.39. The largest absolute Gasteiger partial charge is 0.339 e. The number of nitrogens with two attached hydrogens (primary N) is 1. The molecule has 0 saturated carbocycles. The summed E-state index contributed by atoms with van der Waals surface area (Å²) in [5.41, 5.74) is 6.37. The smallest absolute Gasteiger partial charge is 0.231 e. The first kappa shape index (κ1) is 11.1. The van der Waals surface area contributed by atoms with Gasteiger partial charge in [-0.2, -0.15) is 4.98 Å². The molecule has 0 fully saturated rings. The molecule has 1 atom stereocenters. The van der Waals surface area contributed by atoms with E-state index in [0.717, 1.165) is 5.56 Å². The van der Waals surface area contributed by atoms with E-state index >= 15 is 0 Å². The minimum Gasteiger partial charge on any atom is -0.339 e. The molecule has 0 radical (unpaired) electrons. The van der Waals surface area contributed by atoms with Crippen molar-refractivity contribution >= 4 is 11.6 Å². The average molecular weight is 238 g/mol. The SMILES string of the molecule is CC(CN)c1nc(-c2cccc(Cl)c2)no1. The molecular weight excluding hydrogens is 226 g/mol. The highest BCUT2D eigenvalue weighted by Gasteiger charge is 2.13. The molecule has 1 aromatic carbocycles. The van der Waals surface area contributed by atoms with Crippen LogP contribution in [0, 0.1) is 0 Å². The molecule has 4 nitrogen and oxygen atoms in total. The van der Waals surface area contributed by atoms with Crippen molar-refractivity contribution in [3.63, 3.8) is 0 Å². The van der Waals surface area contributed by atoms with Crippen molar-refractivity contribution in [1.82, 2.24) is 10.1 Å². The lowest BCUT2D eigenvalue weighted by Crippen LogP contribution is -2.08. The topological polar surface area (TPSA) is 64.9 Å². The molecule has 0 aliphatic rings. The maximum absolute atomic E-state index is 5.89. The van der Waals surface area contributed by atoms with Crippen LogP contribution in [0.15, 0.2) is 28.8 Å². The van der Waals surface area contributed by atoms with Crippen LogP contribution < -0.4 is 5.73 Å². The zero-order valence-corrected chi connectivity index (χ0v) is 9.61. The zero-order valence-electron chi connectivity index (χ0n) is 8.85. The van der Waals surface area contributed by atoms with E-state index in [2.05, 4.69) is 10.1 Å². The van der Waals surface area contributed by atoms with Gasteiger partial charge < -0.3 is 10.3 Å². The third kappa shape index (κ3) is 2.23. The van der Waals surface area contributed by atoms with E-state index in [0.29, 0.717) is 23.3 Å². The van der Waals surface area contributed by atoms with Crippen molar-refractivity contribution in [3.05, 3.63) is 35.2 Å². The lowest BCUT2D eigenvalue weighted by Gasteiger charge is -1.98. The monoisotopic (exact) mass is 237 g/mol. The van der Waals surface area contributed by atoms with Gasteiger partial charge in [0.15, 0.2) is 0 Å². The van der Waals surface area contributed by atoms with Crippen molar-refractivity contribution in [2.45, 2.75) is 12.8 Å². The molecule has 0 spiro atoms. The Morgan fingerprint density at radius 1 is 1.50 bits per heavy atom. The van der Waals surface area contributed by atoms with Gasteiger partial charge in [0, 0.05) is 23.0 Å². The van der Waals surface area contributed by atoms with Crippen LogP contribution in [0.1, 0.15) is 18.7 Å². The maximum atomic E-state index is 5.89. The van der Waals surface area contributed by atoms with Crippen LogP contribution in [0.2, 0.25) is 5.02 Å². The molecule has 0 saturated heterocycles. The quantitative estimate of drug-likeness (QED) is 0.891. The first-order valence-electron chi connectivity index (χ1n) is 5.00. The van der Waals surface area contributed by atoms with E-state index in [-0.39, 0.29) is 5.92 Å². The summed E-state index contributed by atoms with van der Waals surface area (Å²) < 4.78 is 5.13. The molecule has 1 aromatic heterocycles. The summed E-state index contributed by atoms with van der Waals surface area (Å²) in [5, 5.41) is 4.55. The van der Waals surface area contributed by atoms with E-state index in [1.54, 1.807) is 12.1 Å². The average Bonchev–Trinajstić information content (AvgIpc) is 2.77. The highest BCUT2D eigenvalue weighted by Crippen LogP contribution is 2.21. The number of nitrogens with zero attached hydrogens (tertiary/aromatic N) is 2. The van der Waals surface area contributed by atoms with Crippen molar-refractivity contribution in [2.24, 2.45) is 5.73 Å². The summed E-state index contributed by atoms with van der Waals surface area (Å²) in [5.74, 6) is 1.16. The fourth-order valence-corrected chi connectivity index (χ4v) is 1.47. The summed E-state index contributed by atoms with van der Waals surface area (Å²) >= 11 is 5.89. The highest BCUT2D eigenvalue weighted by atomic mass is 35.5. The van der Waals surface area contributed by atoms with Gasteiger partial charge in [-0.15, -0.1) is 0 Å². The van der Waals surface area contributed by atoms with Crippen LogP contribution >= 0.6 is 11.6 Å². The molecule has 2 N–H and O–H groups in total. The number of benzene rings is 1. The van der Waals surface area contributed by atoms with E-state index in [1.807, 2.05) is 19.1 Å². The van der Waals surface area contributed by atoms with Gasteiger partial charge in [-0.3, -0.25) is 0 Å². The summed E-state index contributed by atoms with van der Waals surface area (Å²) in [6, 6.07) is 7.32. The van der Waals surface area contributed by atoms with E-state index in [9.17, 15) is 0 Å². The number of rotatable bonds is 3. The fraction of sp³-hybridized carbons (Fsp3) is 0.273. The van der Waals surface area contributed by atoms with E-state index in [1.165, 1.54) is 0 Å². The van der Waals surface area contributed by atoms with Gasteiger partial charge in [0.25, 0.3) is 0 Å². The number of aromatic nitrogens is 2. The lowest BCUT2D eigenvalue weighted by molar-refractivity contribution is 0.361. The summed E-state index contributed by atoms with van der Waals surface area (Å²) in [6.45, 7) is 2.42. The molecule has 16 heavy (non-hydrogen) atoms. The van der Waals surface area contributed by atoms with Gasteiger partial charge in [0.1, 0.15) is 0 Å². The van der Waals surface area contributed by atoms with Crippen molar-refractivity contribution in [3.8, 4) is 11.4 Å². The van der Waals surface area contributed by atoms with Crippen molar-refractivity contribution in [1.29, 1.82) is 0 Å². The first-order chi connectivity index (χ1) is 7.70. The molecule has 0 bridgehead atoms.